The number of nitrogens with two attached hydrogens (primary N) is 1. The Morgan fingerprint density at radius 3 is 2.48 bits per heavy atom. The summed E-state index contributed by atoms with van der Waals surface area (Å²) in [6.45, 7) is 2.86. The SMILES string of the molecule is CCCC(=O)Nc1ncnc2c1ncn2[C@@H]1O[C@@H]2COP(=O)(O)O[C@H]2[C@H]1OC(=O)CCC.N[C@@H](CCC(=O)N[C@@H](CSN=O)C(=O)NCC(=O)O)C(=O)O. The van der Waals surface area contributed by atoms with E-state index in [1.165, 1.54) is 17.2 Å². The number of aromatic nitrogens is 4. The Morgan fingerprint density at radius 2 is 1.83 bits per heavy atom. The molecule has 2 saturated heterocycles. The largest absolute Gasteiger partial charge is 0.480 e. The van der Waals surface area contributed by atoms with Crippen LogP contribution >= 0.6 is 19.8 Å². The molecule has 3 amide bonds. The van der Waals surface area contributed by atoms with Gasteiger partial charge in [0.1, 0.15) is 37.2 Å². The van der Waals surface area contributed by atoms with Crippen LogP contribution < -0.4 is 21.7 Å². The number of anilines is 1. The first-order chi connectivity index (χ1) is 25.6. The smallest absolute Gasteiger partial charge is 0.472 e. The lowest BCUT2D eigenvalue weighted by atomic mass is 10.1. The standard InChI is InChI=1S/C18H24N5O8P.C10H16N4O7S/c1-3-5-11(24)22-16-13-17(20-8-19-16)23(9-21-13)18-15(30-12(25)6-4-2)14-10(29-18)7-28-32(26,27)31-14;11-5(10(19)20)1-2-7(15)13-6(4-22-14-21)9(18)12-3-8(16)17/h8-10,14-15,18H,3-7H2,1-2H3,(H,26,27)(H,19,20,22,24);5-6H,1-4,11H2,(H,12,18)(H,13,15)(H,16,17)(H,19,20)/t10-,14-,15-,18-;5-,6-/m10/s1. The maximum atomic E-state index is 12.3. The molecule has 0 spiro atoms. The molecule has 2 aliphatic heterocycles. The molecular weight excluding hydrogens is 765 g/mol. The second-order valence-electron chi connectivity index (χ2n) is 11.5. The summed E-state index contributed by atoms with van der Waals surface area (Å²) in [5.74, 6) is -4.64. The minimum Gasteiger partial charge on any atom is -0.480 e. The topological polar surface area (TPSA) is 352 Å². The van der Waals surface area contributed by atoms with E-state index >= 15 is 0 Å². The Labute approximate surface area is 310 Å². The van der Waals surface area contributed by atoms with E-state index in [-0.39, 0.29) is 43.3 Å². The number of nitroso groups, excluding NO2 is 1. The second kappa shape index (κ2) is 20.7. The number of ether oxygens (including phenoxy) is 2. The molecule has 4 heterocycles. The van der Waals surface area contributed by atoms with Gasteiger partial charge in [0.25, 0.3) is 0 Å². The number of aliphatic carboxylic acids is 2. The molecule has 2 aromatic heterocycles. The van der Waals surface area contributed by atoms with Crippen LogP contribution in [0.1, 0.15) is 58.6 Å². The number of nitrogens with one attached hydrogen (secondary N) is 3. The first-order valence-corrected chi connectivity index (χ1v) is 18.7. The Balaban J connectivity index is 0.000000315. The number of carbonyl (C=O) groups excluding carboxylic acids is 4. The van der Waals surface area contributed by atoms with Gasteiger partial charge in [-0.25, -0.2) is 19.5 Å². The highest BCUT2D eigenvalue weighted by Gasteiger charge is 2.55. The number of imidazole rings is 1. The third kappa shape index (κ3) is 12.7. The van der Waals surface area contributed by atoms with Crippen LogP contribution in [0.3, 0.4) is 0 Å². The fourth-order valence-corrected chi connectivity index (χ4v) is 6.29. The fourth-order valence-electron chi connectivity index (χ4n) is 4.89. The number of nitrogens with zero attached hydrogens (tertiary/aromatic N) is 5. The first-order valence-electron chi connectivity index (χ1n) is 16.3. The predicted octanol–water partition coefficient (Wildman–Crippen LogP) is -0.0313. The maximum absolute atomic E-state index is 12.3. The van der Waals surface area contributed by atoms with Crippen LogP contribution in [0.2, 0.25) is 0 Å². The lowest BCUT2D eigenvalue weighted by molar-refractivity contribution is -0.158. The molecule has 298 valence electrons. The van der Waals surface area contributed by atoms with Gasteiger partial charge >= 0.3 is 25.7 Å². The van der Waals surface area contributed by atoms with E-state index in [9.17, 15) is 43.1 Å². The number of rotatable bonds is 18. The quantitative estimate of drug-likeness (QED) is 0.0450. The van der Waals surface area contributed by atoms with Gasteiger partial charge in [-0.1, -0.05) is 13.8 Å². The Morgan fingerprint density at radius 1 is 1.11 bits per heavy atom. The number of hydrogen-bond acceptors (Lipinski definition) is 18. The van der Waals surface area contributed by atoms with Crippen LogP contribution in [-0.2, 0) is 51.9 Å². The van der Waals surface area contributed by atoms with Gasteiger partial charge in [0, 0.05) is 41.5 Å². The second-order valence-corrected chi connectivity index (χ2v) is 13.7. The van der Waals surface area contributed by atoms with Crippen molar-refractivity contribution in [1.29, 1.82) is 0 Å². The van der Waals surface area contributed by atoms with Crippen molar-refractivity contribution in [1.82, 2.24) is 30.2 Å². The summed E-state index contributed by atoms with van der Waals surface area (Å²) < 4.78 is 37.6. The van der Waals surface area contributed by atoms with Crippen LogP contribution in [0, 0.1) is 4.91 Å². The van der Waals surface area contributed by atoms with E-state index in [0.717, 1.165) is 0 Å². The minimum absolute atomic E-state index is 0.135. The summed E-state index contributed by atoms with van der Waals surface area (Å²) in [4.78, 5) is 101. The molecule has 0 saturated carbocycles. The zero-order valence-corrected chi connectivity index (χ0v) is 30.6. The van der Waals surface area contributed by atoms with E-state index in [4.69, 9.17) is 34.5 Å². The summed E-state index contributed by atoms with van der Waals surface area (Å²) in [5.41, 5.74) is 5.87. The summed E-state index contributed by atoms with van der Waals surface area (Å²) >= 11 is 0.478. The summed E-state index contributed by atoms with van der Waals surface area (Å²) in [7, 11) is -4.30. The lowest BCUT2D eigenvalue weighted by Crippen LogP contribution is -2.49. The van der Waals surface area contributed by atoms with Gasteiger partial charge in [-0.15, -0.1) is 4.91 Å². The van der Waals surface area contributed by atoms with Crippen molar-refractivity contribution in [3.63, 3.8) is 0 Å². The molecule has 24 nitrogen and oxygen atoms in total. The van der Waals surface area contributed by atoms with Crippen molar-refractivity contribution in [3.8, 4) is 0 Å². The average Bonchev–Trinajstić information content (AvgIpc) is 3.69. The highest BCUT2D eigenvalue weighted by atomic mass is 32.2. The predicted molar refractivity (Wildman–Crippen MR) is 184 cm³/mol. The van der Waals surface area contributed by atoms with Gasteiger partial charge in [0.15, 0.2) is 29.3 Å². The average molecular weight is 806 g/mol. The van der Waals surface area contributed by atoms with Crippen LogP contribution in [-0.4, -0.2) is 120 Å². The van der Waals surface area contributed by atoms with E-state index in [0.29, 0.717) is 42.4 Å². The number of carboxylic acid groups (broad SMARTS) is 2. The first kappa shape index (κ1) is 43.8. The van der Waals surface area contributed by atoms with Crippen molar-refractivity contribution in [2.24, 2.45) is 10.3 Å². The molecule has 0 aromatic carbocycles. The fraction of sp³-hybridized carbons (Fsp3) is 0.607. The number of carbonyl (C=O) groups is 6. The minimum atomic E-state index is -4.30. The zero-order valence-electron chi connectivity index (χ0n) is 28.9. The number of esters is 1. The third-order valence-electron chi connectivity index (χ3n) is 7.39. The number of hydrogen-bond donors (Lipinski definition) is 7. The lowest BCUT2D eigenvalue weighted by Gasteiger charge is -2.29. The molecule has 54 heavy (non-hydrogen) atoms. The van der Waals surface area contributed by atoms with Gasteiger partial charge in [-0.3, -0.25) is 42.4 Å². The van der Waals surface area contributed by atoms with Crippen molar-refractivity contribution in [3.05, 3.63) is 17.6 Å². The highest BCUT2D eigenvalue weighted by Crippen LogP contribution is 2.53. The summed E-state index contributed by atoms with van der Waals surface area (Å²) in [6.07, 6.45) is 0.263. The Kier molecular flexibility index (Phi) is 16.8. The van der Waals surface area contributed by atoms with Gasteiger partial charge in [0.2, 0.25) is 17.7 Å². The molecule has 2 fully saturated rings. The van der Waals surface area contributed by atoms with Crippen LogP contribution in [0.15, 0.2) is 17.2 Å². The molecule has 0 bridgehead atoms. The highest BCUT2D eigenvalue weighted by molar-refractivity contribution is 7.97. The Hall–Kier alpha value is -4.65. The van der Waals surface area contributed by atoms with Crippen molar-refractivity contribution < 1.29 is 67.0 Å². The van der Waals surface area contributed by atoms with Gasteiger partial charge in [-0.2, -0.15) is 0 Å². The molecule has 2 aliphatic rings. The summed E-state index contributed by atoms with van der Waals surface area (Å²) in [6, 6.07) is -2.38. The van der Waals surface area contributed by atoms with Gasteiger partial charge in [-0.05, 0) is 19.3 Å². The van der Waals surface area contributed by atoms with Crippen LogP contribution in [0.4, 0.5) is 5.82 Å². The molecule has 0 radical (unpaired) electrons. The molecule has 0 aliphatic carbocycles. The molecule has 2 aromatic rings. The Bertz CT molecular complexity index is 1730. The molecule has 4 rings (SSSR count). The zero-order chi connectivity index (χ0) is 40.0. The molecule has 7 atom stereocenters. The van der Waals surface area contributed by atoms with E-state index < -0.39 is 80.7 Å². The molecular formula is C28H40N9O15PS. The van der Waals surface area contributed by atoms with Crippen LogP contribution in [0.25, 0.3) is 11.2 Å². The van der Waals surface area contributed by atoms with E-state index in [2.05, 4.69) is 35.5 Å². The van der Waals surface area contributed by atoms with Crippen molar-refractivity contribution in [2.75, 3.05) is 24.2 Å². The van der Waals surface area contributed by atoms with Gasteiger partial charge in [0.05, 0.1) is 12.9 Å². The number of fused-ring (bicyclic) bond motifs is 2. The summed E-state index contributed by atoms with van der Waals surface area (Å²) in [5, 5.41) is 24.0. The molecule has 26 heteroatoms. The van der Waals surface area contributed by atoms with Gasteiger partial charge < -0.3 is 46.3 Å². The number of phosphoric ester groups is 1. The monoisotopic (exact) mass is 805 g/mol. The molecule has 8 N–H and O–H groups in total. The van der Waals surface area contributed by atoms with E-state index in [1.54, 1.807) is 0 Å². The van der Waals surface area contributed by atoms with Crippen molar-refractivity contribution in [2.45, 2.75) is 89.0 Å². The normalized spacial score (nSPS) is 22.7. The number of phosphoric acid groups is 1. The van der Waals surface area contributed by atoms with Crippen LogP contribution in [0.5, 0.6) is 0 Å². The maximum Gasteiger partial charge on any atom is 0.472 e. The number of carboxylic acids is 2. The van der Waals surface area contributed by atoms with Crippen molar-refractivity contribution >= 4 is 72.4 Å². The number of amides is 3. The third-order valence-corrected chi connectivity index (χ3v) is 8.96. The van der Waals surface area contributed by atoms with E-state index in [1.807, 2.05) is 13.8 Å². The molecule has 1 unspecified atom stereocenters.